The van der Waals surface area contributed by atoms with E-state index < -0.39 is 0 Å². The van der Waals surface area contributed by atoms with Gasteiger partial charge < -0.3 is 9.84 Å². The van der Waals surface area contributed by atoms with E-state index in [1.165, 1.54) is 16.7 Å². The first-order valence-corrected chi connectivity index (χ1v) is 10.1. The predicted molar refractivity (Wildman–Crippen MR) is 116 cm³/mol. The molecule has 1 unspecified atom stereocenters. The number of piperazine rings is 1. The lowest BCUT2D eigenvalue weighted by Gasteiger charge is -2.41. The van der Waals surface area contributed by atoms with Crippen LogP contribution in [0, 0.1) is 6.92 Å². The van der Waals surface area contributed by atoms with E-state index in [0.717, 1.165) is 44.9 Å². The summed E-state index contributed by atoms with van der Waals surface area (Å²) < 4.78 is 5.21. The topological polar surface area (TPSA) is 35.9 Å². The molecule has 0 amide bonds. The Balaban J connectivity index is 1.55. The van der Waals surface area contributed by atoms with Gasteiger partial charge in [-0.3, -0.25) is 9.80 Å². The summed E-state index contributed by atoms with van der Waals surface area (Å²) >= 11 is 0. The monoisotopic (exact) mass is 380 g/mol. The Hall–Kier alpha value is -2.14. The van der Waals surface area contributed by atoms with E-state index >= 15 is 0 Å². The lowest BCUT2D eigenvalue weighted by molar-refractivity contribution is 0.0595. The van der Waals surface area contributed by atoms with Gasteiger partial charge in [0.05, 0.1) is 7.11 Å². The van der Waals surface area contributed by atoms with Crippen molar-refractivity contribution < 1.29 is 9.84 Å². The largest absolute Gasteiger partial charge is 0.497 e. The van der Waals surface area contributed by atoms with Crippen molar-refractivity contribution in [1.29, 1.82) is 0 Å². The fourth-order valence-electron chi connectivity index (χ4n) is 3.81. The third-order valence-corrected chi connectivity index (χ3v) is 5.58. The van der Waals surface area contributed by atoms with Crippen LogP contribution in [0.3, 0.4) is 0 Å². The minimum Gasteiger partial charge on any atom is -0.497 e. The normalized spacial score (nSPS) is 18.6. The summed E-state index contributed by atoms with van der Waals surface area (Å²) in [6, 6.07) is 17.1. The third-order valence-electron chi connectivity index (χ3n) is 5.58. The Kier molecular flexibility index (Phi) is 7.66. The van der Waals surface area contributed by atoms with Crippen LogP contribution in [0.15, 0.2) is 54.6 Å². The van der Waals surface area contributed by atoms with Crippen molar-refractivity contribution >= 4 is 6.08 Å². The van der Waals surface area contributed by atoms with Crippen LogP contribution in [-0.2, 0) is 6.54 Å². The first-order valence-electron chi connectivity index (χ1n) is 10.1. The number of rotatable bonds is 8. The summed E-state index contributed by atoms with van der Waals surface area (Å²) in [4.78, 5) is 5.01. The first kappa shape index (κ1) is 20.6. The van der Waals surface area contributed by atoms with Crippen molar-refractivity contribution in [2.45, 2.75) is 25.9 Å². The Labute approximate surface area is 169 Å². The predicted octanol–water partition coefficient (Wildman–Crippen LogP) is 3.59. The van der Waals surface area contributed by atoms with E-state index in [1.807, 2.05) is 12.1 Å². The van der Waals surface area contributed by atoms with Crippen LogP contribution in [0.4, 0.5) is 0 Å². The zero-order valence-electron chi connectivity index (χ0n) is 17.1. The second kappa shape index (κ2) is 10.4. The molecular weight excluding hydrogens is 348 g/mol. The molecule has 1 aliphatic heterocycles. The molecule has 2 aromatic rings. The maximum Gasteiger partial charge on any atom is 0.118 e. The minimum atomic E-state index is 0.241. The van der Waals surface area contributed by atoms with Gasteiger partial charge in [0.15, 0.2) is 0 Å². The van der Waals surface area contributed by atoms with Gasteiger partial charge in [0.1, 0.15) is 5.75 Å². The molecule has 28 heavy (non-hydrogen) atoms. The number of aliphatic hydroxyl groups is 1. The Bertz CT molecular complexity index is 757. The zero-order chi connectivity index (χ0) is 19.8. The minimum absolute atomic E-state index is 0.241. The van der Waals surface area contributed by atoms with Crippen LogP contribution in [0.2, 0.25) is 0 Å². The van der Waals surface area contributed by atoms with Gasteiger partial charge in [-0.2, -0.15) is 0 Å². The van der Waals surface area contributed by atoms with Crippen molar-refractivity contribution in [3.8, 4) is 5.75 Å². The number of aliphatic hydroxyl groups excluding tert-OH is 1. The second-order valence-corrected chi connectivity index (χ2v) is 7.50. The molecule has 0 radical (unpaired) electrons. The van der Waals surface area contributed by atoms with Crippen LogP contribution in [0.1, 0.15) is 23.1 Å². The van der Waals surface area contributed by atoms with Gasteiger partial charge in [0, 0.05) is 45.4 Å². The SMILES string of the molecule is COc1ccc(C=CCN2CCN(Cc3ccccc3C)C(CCO)C2)cc1. The third kappa shape index (κ3) is 5.68. The molecule has 0 aliphatic carbocycles. The van der Waals surface area contributed by atoms with E-state index in [4.69, 9.17) is 4.74 Å². The highest BCUT2D eigenvalue weighted by Crippen LogP contribution is 2.19. The van der Waals surface area contributed by atoms with E-state index in [9.17, 15) is 5.11 Å². The lowest BCUT2D eigenvalue weighted by atomic mass is 10.0. The van der Waals surface area contributed by atoms with Gasteiger partial charge in [-0.15, -0.1) is 0 Å². The number of aryl methyl sites for hydroxylation is 1. The van der Waals surface area contributed by atoms with Crippen LogP contribution in [-0.4, -0.2) is 60.8 Å². The van der Waals surface area contributed by atoms with Crippen LogP contribution >= 0.6 is 0 Å². The highest BCUT2D eigenvalue weighted by molar-refractivity contribution is 5.50. The van der Waals surface area contributed by atoms with Gasteiger partial charge in [0.25, 0.3) is 0 Å². The van der Waals surface area contributed by atoms with E-state index in [-0.39, 0.29) is 6.61 Å². The van der Waals surface area contributed by atoms with Crippen molar-refractivity contribution in [1.82, 2.24) is 9.80 Å². The number of ether oxygens (including phenoxy) is 1. The van der Waals surface area contributed by atoms with Crippen LogP contribution in [0.25, 0.3) is 6.08 Å². The molecule has 0 aromatic heterocycles. The molecule has 0 bridgehead atoms. The molecule has 1 saturated heterocycles. The van der Waals surface area contributed by atoms with Gasteiger partial charge in [-0.05, 0) is 42.2 Å². The molecular formula is C24H32N2O2. The van der Waals surface area contributed by atoms with Gasteiger partial charge in [0.2, 0.25) is 0 Å². The summed E-state index contributed by atoms with van der Waals surface area (Å²) in [7, 11) is 1.69. The fraction of sp³-hybridized carbons (Fsp3) is 0.417. The molecule has 1 aliphatic rings. The van der Waals surface area contributed by atoms with Gasteiger partial charge >= 0.3 is 0 Å². The Morgan fingerprint density at radius 1 is 1.11 bits per heavy atom. The summed E-state index contributed by atoms with van der Waals surface area (Å²) in [6.07, 6.45) is 5.22. The lowest BCUT2D eigenvalue weighted by Crippen LogP contribution is -2.52. The maximum atomic E-state index is 9.54. The number of methoxy groups -OCH3 is 1. The standard InChI is InChI=1S/C24H32N2O2/c1-20-6-3-4-8-22(20)18-26-16-15-25(19-23(26)13-17-27)14-5-7-21-9-11-24(28-2)12-10-21/h3-12,23,27H,13-19H2,1-2H3. The molecule has 1 heterocycles. The highest BCUT2D eigenvalue weighted by Gasteiger charge is 2.26. The van der Waals surface area contributed by atoms with Crippen molar-refractivity contribution in [3.63, 3.8) is 0 Å². The summed E-state index contributed by atoms with van der Waals surface area (Å²) in [5.74, 6) is 0.883. The van der Waals surface area contributed by atoms with Crippen molar-refractivity contribution in [2.24, 2.45) is 0 Å². The van der Waals surface area contributed by atoms with E-state index in [1.54, 1.807) is 7.11 Å². The molecule has 1 atom stereocenters. The number of hydrogen-bond acceptors (Lipinski definition) is 4. The number of hydrogen-bond donors (Lipinski definition) is 1. The van der Waals surface area contributed by atoms with Crippen molar-refractivity contribution in [2.75, 3.05) is 39.9 Å². The van der Waals surface area contributed by atoms with E-state index in [2.05, 4.69) is 65.3 Å². The zero-order valence-corrected chi connectivity index (χ0v) is 17.1. The Morgan fingerprint density at radius 2 is 1.89 bits per heavy atom. The fourth-order valence-corrected chi connectivity index (χ4v) is 3.81. The first-order chi connectivity index (χ1) is 13.7. The van der Waals surface area contributed by atoms with Gasteiger partial charge in [-0.25, -0.2) is 0 Å². The average molecular weight is 381 g/mol. The summed E-state index contributed by atoms with van der Waals surface area (Å²) in [6.45, 7) is 7.41. The second-order valence-electron chi connectivity index (χ2n) is 7.50. The highest BCUT2D eigenvalue weighted by atomic mass is 16.5. The summed E-state index contributed by atoms with van der Waals surface area (Å²) in [5, 5.41) is 9.54. The smallest absolute Gasteiger partial charge is 0.118 e. The molecule has 3 rings (SSSR count). The molecule has 150 valence electrons. The quantitative estimate of drug-likeness (QED) is 0.759. The Morgan fingerprint density at radius 3 is 2.61 bits per heavy atom. The van der Waals surface area contributed by atoms with Gasteiger partial charge in [-0.1, -0.05) is 48.6 Å². The molecule has 2 aromatic carbocycles. The molecule has 1 fully saturated rings. The maximum absolute atomic E-state index is 9.54. The van der Waals surface area contributed by atoms with E-state index in [0.29, 0.717) is 6.04 Å². The van der Waals surface area contributed by atoms with Crippen LogP contribution < -0.4 is 4.74 Å². The van der Waals surface area contributed by atoms with Crippen molar-refractivity contribution in [3.05, 3.63) is 71.3 Å². The van der Waals surface area contributed by atoms with Crippen LogP contribution in [0.5, 0.6) is 5.75 Å². The molecule has 0 saturated carbocycles. The molecule has 0 spiro atoms. The summed E-state index contributed by atoms with van der Waals surface area (Å²) in [5.41, 5.74) is 3.92. The average Bonchev–Trinajstić information content (AvgIpc) is 2.72. The number of nitrogens with zero attached hydrogens (tertiary/aromatic N) is 2. The molecule has 1 N–H and O–H groups in total. The molecule has 4 heteroatoms. The molecule has 4 nitrogen and oxygen atoms in total. The number of benzene rings is 2.